The number of hydrogen-bond donors (Lipinski definition) is 1. The molecule has 2 aromatic carbocycles. The average Bonchev–Trinajstić information content (AvgIpc) is 2.68. The van der Waals surface area contributed by atoms with Crippen LogP contribution in [0.4, 0.5) is 11.4 Å². The van der Waals surface area contributed by atoms with E-state index in [4.69, 9.17) is 9.47 Å². The monoisotopic (exact) mass is 354 g/mol. The zero-order valence-corrected chi connectivity index (χ0v) is 15.4. The first-order valence-electron chi connectivity index (χ1n) is 9.06. The quantitative estimate of drug-likeness (QED) is 0.853. The molecule has 0 unspecified atom stereocenters. The van der Waals surface area contributed by atoms with Crippen molar-refractivity contribution in [2.24, 2.45) is 5.92 Å². The zero-order chi connectivity index (χ0) is 18.4. The van der Waals surface area contributed by atoms with E-state index in [1.165, 1.54) is 18.5 Å². The van der Waals surface area contributed by atoms with Crippen LogP contribution in [0.15, 0.2) is 48.5 Å². The van der Waals surface area contributed by atoms with Crippen LogP contribution in [0, 0.1) is 5.92 Å². The van der Waals surface area contributed by atoms with Crippen molar-refractivity contribution in [3.63, 3.8) is 0 Å². The van der Waals surface area contributed by atoms with Gasteiger partial charge < -0.3 is 19.7 Å². The molecular formula is C21H26N2O3. The zero-order valence-electron chi connectivity index (χ0n) is 15.4. The predicted molar refractivity (Wildman–Crippen MR) is 104 cm³/mol. The largest absolute Gasteiger partial charge is 0.497 e. The summed E-state index contributed by atoms with van der Waals surface area (Å²) in [4.78, 5) is 14.5. The molecule has 1 N–H and O–H groups in total. The van der Waals surface area contributed by atoms with E-state index in [9.17, 15) is 4.79 Å². The van der Waals surface area contributed by atoms with E-state index >= 15 is 0 Å². The highest BCUT2D eigenvalue weighted by Gasteiger charge is 2.15. The molecule has 2 aromatic rings. The second-order valence-corrected chi connectivity index (χ2v) is 6.73. The fourth-order valence-corrected chi connectivity index (χ4v) is 3.06. The third-order valence-corrected chi connectivity index (χ3v) is 4.71. The van der Waals surface area contributed by atoms with Gasteiger partial charge in [-0.25, -0.2) is 0 Å². The van der Waals surface area contributed by atoms with E-state index in [2.05, 4.69) is 29.3 Å². The van der Waals surface area contributed by atoms with E-state index in [1.807, 2.05) is 24.3 Å². The molecule has 0 spiro atoms. The molecule has 138 valence electrons. The molecular weight excluding hydrogens is 328 g/mol. The van der Waals surface area contributed by atoms with Gasteiger partial charge in [0.05, 0.1) is 7.11 Å². The molecule has 26 heavy (non-hydrogen) atoms. The molecule has 1 heterocycles. The Balaban J connectivity index is 1.49. The van der Waals surface area contributed by atoms with Gasteiger partial charge in [0.25, 0.3) is 5.91 Å². The highest BCUT2D eigenvalue weighted by Crippen LogP contribution is 2.24. The number of carbonyl (C=O) groups is 1. The molecule has 1 fully saturated rings. The molecule has 0 radical (unpaired) electrons. The first-order valence-corrected chi connectivity index (χ1v) is 9.06. The van der Waals surface area contributed by atoms with Gasteiger partial charge in [-0.15, -0.1) is 0 Å². The van der Waals surface area contributed by atoms with Crippen molar-refractivity contribution >= 4 is 17.3 Å². The van der Waals surface area contributed by atoms with Crippen LogP contribution < -0.4 is 19.7 Å². The normalized spacial score (nSPS) is 14.8. The summed E-state index contributed by atoms with van der Waals surface area (Å²) < 4.78 is 10.7. The van der Waals surface area contributed by atoms with Crippen LogP contribution in [0.5, 0.6) is 11.5 Å². The van der Waals surface area contributed by atoms with E-state index in [0.717, 1.165) is 24.7 Å². The van der Waals surface area contributed by atoms with Crippen molar-refractivity contribution < 1.29 is 14.3 Å². The van der Waals surface area contributed by atoms with E-state index in [1.54, 1.807) is 19.2 Å². The Morgan fingerprint density at radius 3 is 2.50 bits per heavy atom. The number of ether oxygens (including phenoxy) is 2. The molecule has 1 amide bonds. The lowest BCUT2D eigenvalue weighted by atomic mass is 9.99. The summed E-state index contributed by atoms with van der Waals surface area (Å²) >= 11 is 0. The highest BCUT2D eigenvalue weighted by atomic mass is 16.5. The molecule has 5 heteroatoms. The minimum atomic E-state index is -0.188. The van der Waals surface area contributed by atoms with Gasteiger partial charge in [0.15, 0.2) is 6.61 Å². The molecule has 1 aliphatic heterocycles. The van der Waals surface area contributed by atoms with Gasteiger partial charge >= 0.3 is 0 Å². The van der Waals surface area contributed by atoms with Crippen molar-refractivity contribution in [2.75, 3.05) is 37.0 Å². The van der Waals surface area contributed by atoms with Gasteiger partial charge in [0.2, 0.25) is 0 Å². The Morgan fingerprint density at radius 1 is 1.12 bits per heavy atom. The number of benzene rings is 2. The molecule has 0 aromatic heterocycles. The number of hydrogen-bond acceptors (Lipinski definition) is 4. The molecule has 0 bridgehead atoms. The van der Waals surface area contributed by atoms with Gasteiger partial charge in [-0.2, -0.15) is 0 Å². The highest BCUT2D eigenvalue weighted by molar-refractivity contribution is 5.92. The standard InChI is InChI=1S/C21H26N2O3/c1-16-10-12-23(13-11-16)18-8-6-17(7-9-18)22-21(24)15-26-20-5-3-4-19(14-20)25-2/h3-9,14,16H,10-13,15H2,1-2H3,(H,22,24). The second-order valence-electron chi connectivity index (χ2n) is 6.73. The lowest BCUT2D eigenvalue weighted by Crippen LogP contribution is -2.32. The first kappa shape index (κ1) is 18.1. The Hall–Kier alpha value is -2.69. The smallest absolute Gasteiger partial charge is 0.262 e. The molecule has 3 rings (SSSR count). The van der Waals surface area contributed by atoms with Crippen molar-refractivity contribution in [3.05, 3.63) is 48.5 Å². The van der Waals surface area contributed by atoms with Crippen molar-refractivity contribution in [3.8, 4) is 11.5 Å². The topological polar surface area (TPSA) is 50.8 Å². The number of rotatable bonds is 6. The van der Waals surface area contributed by atoms with Crippen LogP contribution in [-0.2, 0) is 4.79 Å². The minimum absolute atomic E-state index is 0.0427. The number of piperidine rings is 1. The predicted octanol–water partition coefficient (Wildman–Crippen LogP) is 3.95. The number of anilines is 2. The van der Waals surface area contributed by atoms with E-state index < -0.39 is 0 Å². The Morgan fingerprint density at radius 2 is 1.81 bits per heavy atom. The maximum atomic E-state index is 12.1. The lowest BCUT2D eigenvalue weighted by molar-refractivity contribution is -0.118. The molecule has 0 saturated carbocycles. The first-order chi connectivity index (χ1) is 12.6. The fraction of sp³-hybridized carbons (Fsp3) is 0.381. The number of amides is 1. The SMILES string of the molecule is COc1cccc(OCC(=O)Nc2ccc(N3CCC(C)CC3)cc2)c1. The minimum Gasteiger partial charge on any atom is -0.497 e. The number of nitrogens with zero attached hydrogens (tertiary/aromatic N) is 1. The molecule has 5 nitrogen and oxygen atoms in total. The van der Waals surface area contributed by atoms with Gasteiger partial charge in [-0.1, -0.05) is 13.0 Å². The van der Waals surface area contributed by atoms with Gasteiger partial charge in [-0.3, -0.25) is 4.79 Å². The van der Waals surface area contributed by atoms with Gasteiger partial charge in [0.1, 0.15) is 11.5 Å². The maximum Gasteiger partial charge on any atom is 0.262 e. The van der Waals surface area contributed by atoms with Crippen LogP contribution in [-0.4, -0.2) is 32.7 Å². The van der Waals surface area contributed by atoms with Gasteiger partial charge in [-0.05, 0) is 55.2 Å². The fourth-order valence-electron chi connectivity index (χ4n) is 3.06. The number of methoxy groups -OCH3 is 1. The van der Waals surface area contributed by atoms with Crippen LogP contribution in [0.3, 0.4) is 0 Å². The van der Waals surface area contributed by atoms with Crippen LogP contribution in [0.1, 0.15) is 19.8 Å². The molecule has 0 atom stereocenters. The number of nitrogens with one attached hydrogen (secondary N) is 1. The molecule has 1 aliphatic rings. The Bertz CT molecular complexity index is 722. The van der Waals surface area contributed by atoms with E-state index in [-0.39, 0.29) is 12.5 Å². The number of carbonyl (C=O) groups excluding carboxylic acids is 1. The van der Waals surface area contributed by atoms with Crippen LogP contribution in [0.2, 0.25) is 0 Å². The Labute approximate surface area is 154 Å². The average molecular weight is 354 g/mol. The van der Waals surface area contributed by atoms with E-state index in [0.29, 0.717) is 11.5 Å². The summed E-state index contributed by atoms with van der Waals surface area (Å²) in [6.07, 6.45) is 2.47. The summed E-state index contributed by atoms with van der Waals surface area (Å²) in [6, 6.07) is 15.2. The summed E-state index contributed by atoms with van der Waals surface area (Å²) in [5.74, 6) is 1.93. The third-order valence-electron chi connectivity index (χ3n) is 4.71. The van der Waals surface area contributed by atoms with Crippen LogP contribution >= 0.6 is 0 Å². The second kappa shape index (κ2) is 8.61. The third kappa shape index (κ3) is 4.91. The maximum absolute atomic E-state index is 12.1. The summed E-state index contributed by atoms with van der Waals surface area (Å²) in [5, 5.41) is 2.86. The van der Waals surface area contributed by atoms with Crippen LogP contribution in [0.25, 0.3) is 0 Å². The van der Waals surface area contributed by atoms with Crippen molar-refractivity contribution in [2.45, 2.75) is 19.8 Å². The van der Waals surface area contributed by atoms with Crippen molar-refractivity contribution in [1.29, 1.82) is 0 Å². The Kier molecular flexibility index (Phi) is 6.00. The summed E-state index contributed by atoms with van der Waals surface area (Å²) in [7, 11) is 1.60. The summed E-state index contributed by atoms with van der Waals surface area (Å²) in [5.41, 5.74) is 1.99. The molecule has 1 saturated heterocycles. The lowest BCUT2D eigenvalue weighted by Gasteiger charge is -2.32. The van der Waals surface area contributed by atoms with Gasteiger partial charge in [0, 0.05) is 30.5 Å². The molecule has 0 aliphatic carbocycles. The summed E-state index contributed by atoms with van der Waals surface area (Å²) in [6.45, 7) is 4.46. The van der Waals surface area contributed by atoms with Crippen molar-refractivity contribution in [1.82, 2.24) is 0 Å².